The zero-order valence-electron chi connectivity index (χ0n) is 19.4. The molecule has 33 heavy (non-hydrogen) atoms. The van der Waals surface area contributed by atoms with Crippen molar-refractivity contribution in [2.24, 2.45) is 7.05 Å². The molecule has 0 amide bonds. The number of aromatic amines is 1. The third-order valence-electron chi connectivity index (χ3n) is 6.23. The molecule has 0 spiro atoms. The van der Waals surface area contributed by atoms with Gasteiger partial charge in [-0.05, 0) is 67.4 Å². The van der Waals surface area contributed by atoms with Gasteiger partial charge in [0.05, 0.1) is 7.11 Å². The number of H-pyrrole nitrogens is 1. The van der Waals surface area contributed by atoms with Gasteiger partial charge in [0.15, 0.2) is 0 Å². The number of ether oxygens (including phenoxy) is 1. The molecule has 0 atom stereocenters. The van der Waals surface area contributed by atoms with Crippen LogP contribution >= 0.6 is 0 Å². The highest BCUT2D eigenvalue weighted by atomic mass is 16.5. The van der Waals surface area contributed by atoms with E-state index >= 15 is 0 Å². The van der Waals surface area contributed by atoms with E-state index in [2.05, 4.69) is 75.3 Å². The average molecular weight is 441 g/mol. The Balaban J connectivity index is 1.30. The number of hydrogen-bond donors (Lipinski definition) is 2. The fourth-order valence-corrected chi connectivity index (χ4v) is 4.19. The van der Waals surface area contributed by atoms with Crippen molar-refractivity contribution in [1.82, 2.24) is 19.5 Å². The van der Waals surface area contributed by atoms with E-state index in [-0.39, 0.29) is 0 Å². The van der Waals surface area contributed by atoms with Crippen LogP contribution in [0.25, 0.3) is 21.8 Å². The van der Waals surface area contributed by atoms with E-state index in [1.54, 1.807) is 13.3 Å². The zero-order chi connectivity index (χ0) is 22.9. The second-order valence-corrected chi connectivity index (χ2v) is 8.38. The van der Waals surface area contributed by atoms with Gasteiger partial charge in [-0.25, -0.2) is 4.98 Å². The Labute approximate surface area is 193 Å². The number of benzene rings is 2. The second kappa shape index (κ2) is 8.50. The van der Waals surface area contributed by atoms with Crippen LogP contribution < -0.4 is 15.0 Å². The van der Waals surface area contributed by atoms with E-state index in [4.69, 9.17) is 9.72 Å². The highest BCUT2D eigenvalue weighted by molar-refractivity contribution is 5.86. The molecule has 5 aromatic rings. The highest BCUT2D eigenvalue weighted by Gasteiger charge is 2.10. The maximum atomic E-state index is 5.38. The minimum atomic E-state index is 0.689. The molecule has 0 aliphatic carbocycles. The summed E-state index contributed by atoms with van der Waals surface area (Å²) in [5.74, 6) is 2.33. The Bertz CT molecular complexity index is 1430. The predicted molar refractivity (Wildman–Crippen MR) is 135 cm³/mol. The molecule has 3 heterocycles. The first-order chi connectivity index (χ1) is 16.0. The van der Waals surface area contributed by atoms with Gasteiger partial charge in [0, 0.05) is 66.2 Å². The Kier molecular flexibility index (Phi) is 5.38. The normalized spacial score (nSPS) is 11.3. The van der Waals surface area contributed by atoms with Crippen molar-refractivity contribution >= 4 is 39.3 Å². The summed E-state index contributed by atoms with van der Waals surface area (Å²) >= 11 is 0. The molecule has 0 saturated carbocycles. The van der Waals surface area contributed by atoms with Gasteiger partial charge >= 0.3 is 0 Å². The summed E-state index contributed by atoms with van der Waals surface area (Å²) in [4.78, 5) is 14.6. The average Bonchev–Trinajstić information content (AvgIpc) is 3.36. The van der Waals surface area contributed by atoms with Crippen LogP contribution in [-0.2, 0) is 13.5 Å². The molecule has 0 bridgehead atoms. The smallest absolute Gasteiger partial charge is 0.227 e. The van der Waals surface area contributed by atoms with E-state index in [1.807, 2.05) is 25.2 Å². The lowest BCUT2D eigenvalue weighted by Crippen LogP contribution is -2.22. The molecule has 0 fully saturated rings. The Morgan fingerprint density at radius 1 is 1.12 bits per heavy atom. The number of anilines is 3. The summed E-state index contributed by atoms with van der Waals surface area (Å²) in [5, 5.41) is 5.82. The fourth-order valence-electron chi connectivity index (χ4n) is 4.19. The van der Waals surface area contributed by atoms with Crippen molar-refractivity contribution in [2.45, 2.75) is 13.3 Å². The molecular formula is C26H28N6O. The maximum Gasteiger partial charge on any atom is 0.227 e. The number of likely N-dealkylation sites (N-methyl/N-ethyl adjacent to an activating group) is 1. The quantitative estimate of drug-likeness (QED) is 0.364. The van der Waals surface area contributed by atoms with E-state index < -0.39 is 0 Å². The third-order valence-corrected chi connectivity index (χ3v) is 6.23. The van der Waals surface area contributed by atoms with E-state index in [9.17, 15) is 0 Å². The largest absolute Gasteiger partial charge is 0.497 e. The standard InChI is InChI=1S/C26H28N6O/c1-17-13-19-14-20(5-8-24(19)32(17)3)29-25-9-11-27-26(30-25)31(2)12-10-18-16-28-23-7-6-21(33-4)15-22(18)23/h5-9,11,13-16,28H,10,12H2,1-4H3,(H,27,29,30). The van der Waals surface area contributed by atoms with Crippen LogP contribution in [0.4, 0.5) is 17.5 Å². The predicted octanol–water partition coefficient (Wildman–Crippen LogP) is 5.19. The van der Waals surface area contributed by atoms with Gasteiger partial charge in [0.25, 0.3) is 0 Å². The minimum absolute atomic E-state index is 0.689. The van der Waals surface area contributed by atoms with Crippen LogP contribution in [-0.4, -0.2) is 40.2 Å². The number of aromatic nitrogens is 4. The SMILES string of the molecule is COc1ccc2[nH]cc(CCN(C)c3nccc(Nc4ccc5c(c4)cc(C)n5C)n3)c2c1. The van der Waals surface area contributed by atoms with E-state index in [0.717, 1.165) is 35.7 Å². The third kappa shape index (κ3) is 4.09. The summed E-state index contributed by atoms with van der Waals surface area (Å²) in [5.41, 5.74) is 5.82. The molecule has 0 aliphatic heterocycles. The summed E-state index contributed by atoms with van der Waals surface area (Å²) in [7, 11) is 5.80. The van der Waals surface area contributed by atoms with Crippen LogP contribution in [0.2, 0.25) is 0 Å². The van der Waals surface area contributed by atoms with Gasteiger partial charge < -0.3 is 24.5 Å². The van der Waals surface area contributed by atoms with Gasteiger partial charge in [-0.3, -0.25) is 0 Å². The van der Waals surface area contributed by atoms with Crippen molar-refractivity contribution in [2.75, 3.05) is 30.9 Å². The van der Waals surface area contributed by atoms with Crippen molar-refractivity contribution in [3.63, 3.8) is 0 Å². The lowest BCUT2D eigenvalue weighted by atomic mass is 10.1. The van der Waals surface area contributed by atoms with Gasteiger partial charge in [-0.2, -0.15) is 4.98 Å². The number of methoxy groups -OCH3 is 1. The van der Waals surface area contributed by atoms with Crippen molar-refractivity contribution in [1.29, 1.82) is 0 Å². The van der Waals surface area contributed by atoms with Crippen LogP contribution in [0.3, 0.4) is 0 Å². The number of nitrogens with zero attached hydrogens (tertiary/aromatic N) is 4. The topological polar surface area (TPSA) is 71.0 Å². The molecule has 7 heteroatoms. The molecule has 7 nitrogen and oxygen atoms in total. The maximum absolute atomic E-state index is 5.38. The molecule has 2 aromatic carbocycles. The number of aryl methyl sites for hydroxylation is 2. The summed E-state index contributed by atoms with van der Waals surface area (Å²) < 4.78 is 7.58. The molecule has 0 radical (unpaired) electrons. The molecule has 168 valence electrons. The van der Waals surface area contributed by atoms with Crippen molar-refractivity contribution < 1.29 is 4.74 Å². The monoisotopic (exact) mass is 440 g/mol. The summed E-state index contributed by atoms with van der Waals surface area (Å²) in [6.07, 6.45) is 4.73. The van der Waals surface area contributed by atoms with Crippen molar-refractivity contribution in [3.8, 4) is 5.75 Å². The fraction of sp³-hybridized carbons (Fsp3) is 0.231. The van der Waals surface area contributed by atoms with E-state index in [1.165, 1.54) is 27.5 Å². The Hall–Kier alpha value is -4.00. The van der Waals surface area contributed by atoms with Crippen LogP contribution in [0.15, 0.2) is 60.9 Å². The zero-order valence-corrected chi connectivity index (χ0v) is 19.4. The highest BCUT2D eigenvalue weighted by Crippen LogP contribution is 2.26. The van der Waals surface area contributed by atoms with Crippen LogP contribution in [0, 0.1) is 6.92 Å². The lowest BCUT2D eigenvalue weighted by molar-refractivity contribution is 0.415. The Morgan fingerprint density at radius 2 is 2.00 bits per heavy atom. The van der Waals surface area contributed by atoms with Gasteiger partial charge in [0.1, 0.15) is 11.6 Å². The van der Waals surface area contributed by atoms with Crippen LogP contribution in [0.5, 0.6) is 5.75 Å². The second-order valence-electron chi connectivity index (χ2n) is 8.38. The number of fused-ring (bicyclic) bond motifs is 2. The molecule has 3 aromatic heterocycles. The number of rotatable bonds is 7. The number of nitrogens with one attached hydrogen (secondary N) is 2. The first-order valence-corrected chi connectivity index (χ1v) is 11.0. The molecule has 0 aliphatic rings. The molecule has 5 rings (SSSR count). The molecular weight excluding hydrogens is 412 g/mol. The molecule has 0 unspecified atom stereocenters. The first-order valence-electron chi connectivity index (χ1n) is 11.0. The number of hydrogen-bond acceptors (Lipinski definition) is 5. The minimum Gasteiger partial charge on any atom is -0.497 e. The summed E-state index contributed by atoms with van der Waals surface area (Å²) in [6.45, 7) is 2.91. The lowest BCUT2D eigenvalue weighted by Gasteiger charge is -2.17. The Morgan fingerprint density at radius 3 is 2.85 bits per heavy atom. The van der Waals surface area contributed by atoms with Gasteiger partial charge in [0.2, 0.25) is 5.95 Å². The van der Waals surface area contributed by atoms with Crippen LogP contribution in [0.1, 0.15) is 11.3 Å². The molecule has 0 saturated heterocycles. The van der Waals surface area contributed by atoms with Gasteiger partial charge in [-0.1, -0.05) is 0 Å². The molecule has 2 N–H and O–H groups in total. The van der Waals surface area contributed by atoms with Crippen molar-refractivity contribution in [3.05, 3.63) is 72.2 Å². The summed E-state index contributed by atoms with van der Waals surface area (Å²) in [6, 6.07) is 16.6. The van der Waals surface area contributed by atoms with Gasteiger partial charge in [-0.15, -0.1) is 0 Å². The van der Waals surface area contributed by atoms with E-state index in [0.29, 0.717) is 5.95 Å². The first kappa shape index (κ1) is 20.9.